The highest BCUT2D eigenvalue weighted by atomic mass is 32.2. The summed E-state index contributed by atoms with van der Waals surface area (Å²) in [6, 6.07) is 13.8. The highest BCUT2D eigenvalue weighted by molar-refractivity contribution is 8.26. The number of carboxylic acids is 1. The summed E-state index contributed by atoms with van der Waals surface area (Å²) in [7, 11) is 0. The first-order chi connectivity index (χ1) is 14.4. The molecule has 0 saturated carbocycles. The van der Waals surface area contributed by atoms with Gasteiger partial charge in [0.25, 0.3) is 5.91 Å². The summed E-state index contributed by atoms with van der Waals surface area (Å²) in [5.41, 5.74) is 2.46. The van der Waals surface area contributed by atoms with Crippen LogP contribution in [0.4, 0.5) is 5.69 Å². The molecule has 0 aromatic heterocycles. The largest absolute Gasteiger partial charge is 0.545 e. The van der Waals surface area contributed by atoms with Gasteiger partial charge in [-0.1, -0.05) is 67.3 Å². The molecule has 0 radical (unpaired) electrons. The lowest BCUT2D eigenvalue weighted by Gasteiger charge is -2.14. The molecule has 6 nitrogen and oxygen atoms in total. The summed E-state index contributed by atoms with van der Waals surface area (Å²) < 4.78 is 0.406. The third-order valence-corrected chi connectivity index (χ3v) is 5.88. The van der Waals surface area contributed by atoms with Gasteiger partial charge in [-0.2, -0.15) is 0 Å². The van der Waals surface area contributed by atoms with Crippen molar-refractivity contribution in [2.75, 3.05) is 11.9 Å². The summed E-state index contributed by atoms with van der Waals surface area (Å²) in [5, 5.41) is 13.5. The number of carbonyl (C=O) groups excluding carboxylic acids is 3. The number of nitrogens with one attached hydrogen (secondary N) is 1. The predicted molar refractivity (Wildman–Crippen MR) is 120 cm³/mol. The number of benzene rings is 2. The van der Waals surface area contributed by atoms with Crippen molar-refractivity contribution in [3.05, 3.63) is 70.1 Å². The maximum Gasteiger partial charge on any atom is 0.266 e. The van der Waals surface area contributed by atoms with Gasteiger partial charge in [-0.05, 0) is 41.3 Å². The number of anilines is 1. The Morgan fingerprint density at radius 3 is 2.60 bits per heavy atom. The molecule has 0 spiro atoms. The van der Waals surface area contributed by atoms with Gasteiger partial charge in [-0.3, -0.25) is 14.5 Å². The Morgan fingerprint density at radius 2 is 1.93 bits per heavy atom. The zero-order valence-corrected chi connectivity index (χ0v) is 17.8. The number of nitrogens with zero attached hydrogens (tertiary/aromatic N) is 1. The summed E-state index contributed by atoms with van der Waals surface area (Å²) in [4.78, 5) is 37.7. The molecule has 8 heteroatoms. The third-order valence-electron chi connectivity index (χ3n) is 4.50. The van der Waals surface area contributed by atoms with E-state index in [-0.39, 0.29) is 30.3 Å². The molecule has 0 aliphatic carbocycles. The summed E-state index contributed by atoms with van der Waals surface area (Å²) in [5.74, 6) is -1.89. The fourth-order valence-corrected chi connectivity index (χ4v) is 4.16. The Morgan fingerprint density at radius 1 is 1.20 bits per heavy atom. The van der Waals surface area contributed by atoms with Gasteiger partial charge >= 0.3 is 0 Å². The maximum absolute atomic E-state index is 12.7. The number of aromatic carboxylic acids is 1. The topological polar surface area (TPSA) is 89.5 Å². The lowest BCUT2D eigenvalue weighted by Crippen LogP contribution is -2.31. The van der Waals surface area contributed by atoms with Crippen molar-refractivity contribution in [3.63, 3.8) is 0 Å². The summed E-state index contributed by atoms with van der Waals surface area (Å²) in [6.07, 6.45) is 2.77. The van der Waals surface area contributed by atoms with Crippen molar-refractivity contribution in [3.8, 4) is 0 Å². The Kier molecular flexibility index (Phi) is 7.02. The molecular weight excluding hydrogens is 420 g/mol. The summed E-state index contributed by atoms with van der Waals surface area (Å²) >= 11 is 6.51. The van der Waals surface area contributed by atoms with Crippen LogP contribution in [0.2, 0.25) is 0 Å². The van der Waals surface area contributed by atoms with E-state index in [0.717, 1.165) is 12.0 Å². The molecule has 2 aromatic carbocycles. The van der Waals surface area contributed by atoms with E-state index in [9.17, 15) is 19.5 Å². The third kappa shape index (κ3) is 5.34. The Bertz CT molecular complexity index is 1030. The number of thioether (sulfide) groups is 1. The van der Waals surface area contributed by atoms with Crippen LogP contribution in [0.15, 0.2) is 53.4 Å². The number of thiocarbonyl (C=S) groups is 1. The molecule has 0 bridgehead atoms. The van der Waals surface area contributed by atoms with Crippen LogP contribution in [0.1, 0.15) is 34.8 Å². The second-order valence-corrected chi connectivity index (χ2v) is 8.27. The van der Waals surface area contributed by atoms with Crippen LogP contribution in [0, 0.1) is 0 Å². The molecular formula is C22H19N2O4S2-. The Balaban J connectivity index is 1.60. The number of carboxylic acid groups (broad SMARTS) is 1. The lowest BCUT2D eigenvalue weighted by molar-refractivity contribution is -0.255. The van der Waals surface area contributed by atoms with Gasteiger partial charge in [0.1, 0.15) is 4.32 Å². The minimum absolute atomic E-state index is 0.0261. The SMILES string of the molecule is CCc1ccc(/C=C2/SC(=S)N(CCC(=O)Nc3cccc(C(=O)[O-])c3)C2=O)cc1. The van der Waals surface area contributed by atoms with Crippen LogP contribution in [0.5, 0.6) is 0 Å². The minimum atomic E-state index is -1.32. The first-order valence-electron chi connectivity index (χ1n) is 9.33. The van der Waals surface area contributed by atoms with Gasteiger partial charge in [-0.25, -0.2) is 0 Å². The average molecular weight is 440 g/mol. The van der Waals surface area contributed by atoms with Crippen LogP contribution in [0.25, 0.3) is 6.08 Å². The second kappa shape index (κ2) is 9.69. The van der Waals surface area contributed by atoms with Gasteiger partial charge in [-0.15, -0.1) is 0 Å². The first kappa shape index (κ1) is 21.7. The van der Waals surface area contributed by atoms with Gasteiger partial charge in [0.2, 0.25) is 5.91 Å². The number of hydrogen-bond acceptors (Lipinski definition) is 6. The average Bonchev–Trinajstić information content (AvgIpc) is 2.99. The van der Waals surface area contributed by atoms with E-state index in [4.69, 9.17) is 12.2 Å². The van der Waals surface area contributed by atoms with Crippen LogP contribution in [-0.2, 0) is 16.0 Å². The molecule has 1 aliphatic rings. The van der Waals surface area contributed by atoms with Gasteiger partial charge in [0.15, 0.2) is 0 Å². The van der Waals surface area contributed by atoms with Gasteiger partial charge in [0, 0.05) is 18.7 Å². The fourth-order valence-electron chi connectivity index (χ4n) is 2.85. The van der Waals surface area contributed by atoms with E-state index in [2.05, 4.69) is 12.2 Å². The Labute approximate surface area is 184 Å². The van der Waals surface area contributed by atoms with Crippen molar-refractivity contribution in [2.24, 2.45) is 0 Å². The number of hydrogen-bond donors (Lipinski definition) is 1. The quantitative estimate of drug-likeness (QED) is 0.527. The molecule has 154 valence electrons. The molecule has 0 atom stereocenters. The summed E-state index contributed by atoms with van der Waals surface area (Å²) in [6.45, 7) is 2.22. The van der Waals surface area contributed by atoms with Crippen molar-refractivity contribution in [1.82, 2.24) is 4.90 Å². The van der Waals surface area contributed by atoms with E-state index >= 15 is 0 Å². The maximum atomic E-state index is 12.7. The molecule has 1 fully saturated rings. The van der Waals surface area contributed by atoms with Gasteiger partial charge in [0.05, 0.1) is 10.9 Å². The zero-order valence-electron chi connectivity index (χ0n) is 16.2. The van der Waals surface area contributed by atoms with Crippen LogP contribution < -0.4 is 10.4 Å². The zero-order chi connectivity index (χ0) is 21.7. The van der Waals surface area contributed by atoms with E-state index in [1.165, 1.54) is 40.4 Å². The van der Waals surface area contributed by atoms with E-state index in [0.29, 0.717) is 14.9 Å². The van der Waals surface area contributed by atoms with E-state index in [1.807, 2.05) is 24.3 Å². The van der Waals surface area contributed by atoms with Crippen molar-refractivity contribution in [2.45, 2.75) is 19.8 Å². The van der Waals surface area contributed by atoms with E-state index < -0.39 is 5.97 Å². The monoisotopic (exact) mass is 439 g/mol. The molecule has 1 N–H and O–H groups in total. The molecule has 0 unspecified atom stereocenters. The van der Waals surface area contributed by atoms with Crippen LogP contribution in [-0.4, -0.2) is 33.5 Å². The molecule has 2 aromatic rings. The predicted octanol–water partition coefficient (Wildman–Crippen LogP) is 2.84. The molecule has 30 heavy (non-hydrogen) atoms. The molecule has 1 aliphatic heterocycles. The molecule has 2 amide bonds. The normalized spacial score (nSPS) is 15.0. The number of rotatable bonds is 7. The second-order valence-electron chi connectivity index (χ2n) is 6.59. The lowest BCUT2D eigenvalue weighted by atomic mass is 10.1. The standard InChI is InChI=1S/C22H20N2O4S2/c1-2-14-6-8-15(9-7-14)12-18-20(26)24(22(29)30-18)11-10-19(25)23-17-5-3-4-16(13-17)21(27)28/h3-9,12-13H,2,10-11H2,1H3,(H,23,25)(H,27,28)/p-1/b18-12+. The van der Waals surface area contributed by atoms with Crippen molar-refractivity contribution < 1.29 is 19.5 Å². The highest BCUT2D eigenvalue weighted by Crippen LogP contribution is 2.32. The highest BCUT2D eigenvalue weighted by Gasteiger charge is 2.32. The molecule has 1 saturated heterocycles. The van der Waals surface area contributed by atoms with Crippen LogP contribution >= 0.6 is 24.0 Å². The Hall–Kier alpha value is -2.97. The number of aryl methyl sites for hydroxylation is 1. The van der Waals surface area contributed by atoms with E-state index in [1.54, 1.807) is 12.1 Å². The fraction of sp³-hybridized carbons (Fsp3) is 0.182. The number of amides is 2. The smallest absolute Gasteiger partial charge is 0.266 e. The first-order valence-corrected chi connectivity index (χ1v) is 10.6. The minimum Gasteiger partial charge on any atom is -0.545 e. The van der Waals surface area contributed by atoms with Crippen molar-refractivity contribution in [1.29, 1.82) is 0 Å². The molecule has 3 rings (SSSR count). The van der Waals surface area contributed by atoms with Crippen molar-refractivity contribution >= 4 is 57.8 Å². The molecule has 1 heterocycles. The number of carbonyl (C=O) groups is 3. The van der Waals surface area contributed by atoms with Crippen LogP contribution in [0.3, 0.4) is 0 Å². The van der Waals surface area contributed by atoms with Gasteiger partial charge < -0.3 is 15.2 Å².